The van der Waals surface area contributed by atoms with Crippen molar-refractivity contribution in [2.24, 2.45) is 7.05 Å². The molecule has 92 valence electrons. The first-order valence-corrected chi connectivity index (χ1v) is 5.96. The number of nitrogens with zero attached hydrogens (tertiary/aromatic N) is 2. The van der Waals surface area contributed by atoms with Crippen molar-refractivity contribution in [1.82, 2.24) is 14.9 Å². The van der Waals surface area contributed by atoms with E-state index in [0.29, 0.717) is 18.1 Å². The summed E-state index contributed by atoms with van der Waals surface area (Å²) < 4.78 is 15.5. The molecule has 0 saturated heterocycles. The first-order valence-electron chi connectivity index (χ1n) is 5.96. The van der Waals surface area contributed by atoms with Gasteiger partial charge in [-0.25, -0.2) is 9.37 Å². The van der Waals surface area contributed by atoms with Crippen LogP contribution in [0.4, 0.5) is 4.39 Å². The molecule has 0 aliphatic heterocycles. The fourth-order valence-electron chi connectivity index (χ4n) is 1.80. The van der Waals surface area contributed by atoms with Crippen molar-refractivity contribution in [2.45, 2.75) is 32.9 Å². The number of imidazole rings is 1. The highest BCUT2D eigenvalue weighted by molar-refractivity contribution is 5.76. The molecule has 0 bridgehead atoms. The first kappa shape index (κ1) is 12.0. The van der Waals surface area contributed by atoms with Gasteiger partial charge < -0.3 is 9.88 Å². The summed E-state index contributed by atoms with van der Waals surface area (Å²) in [5, 5.41) is 3.36. The van der Waals surface area contributed by atoms with Gasteiger partial charge in [0.25, 0.3) is 0 Å². The number of nitrogens with one attached hydrogen (secondary N) is 1. The van der Waals surface area contributed by atoms with Crippen LogP contribution in [0, 0.1) is 5.82 Å². The summed E-state index contributed by atoms with van der Waals surface area (Å²) in [7, 11) is 1.92. The van der Waals surface area contributed by atoms with E-state index >= 15 is 0 Å². The van der Waals surface area contributed by atoms with E-state index in [1.807, 2.05) is 17.7 Å². The second-order valence-corrected chi connectivity index (χ2v) is 4.38. The van der Waals surface area contributed by atoms with Crippen LogP contribution in [0.3, 0.4) is 0 Å². The Morgan fingerprint density at radius 2 is 2.24 bits per heavy atom. The standard InChI is InChI=1S/C13H18FN3/c1-4-9(2)15-8-12-16-13-10(14)6-5-7-11(13)17(12)3/h5-7,9,15H,4,8H2,1-3H3. The molecule has 2 aromatic rings. The van der Waals surface area contributed by atoms with Gasteiger partial charge in [-0.15, -0.1) is 0 Å². The Bertz CT molecular complexity index is 519. The number of benzene rings is 1. The molecule has 1 aromatic heterocycles. The van der Waals surface area contributed by atoms with Crippen molar-refractivity contribution in [3.63, 3.8) is 0 Å². The molecule has 0 aliphatic rings. The summed E-state index contributed by atoms with van der Waals surface area (Å²) in [4.78, 5) is 4.34. The fourth-order valence-corrected chi connectivity index (χ4v) is 1.80. The number of aromatic nitrogens is 2. The fraction of sp³-hybridized carbons (Fsp3) is 0.462. The van der Waals surface area contributed by atoms with Gasteiger partial charge in [0.1, 0.15) is 11.3 Å². The minimum Gasteiger partial charge on any atom is -0.330 e. The smallest absolute Gasteiger partial charge is 0.151 e. The molecule has 0 spiro atoms. The number of hydrogen-bond acceptors (Lipinski definition) is 2. The number of halogens is 1. The second-order valence-electron chi connectivity index (χ2n) is 4.38. The molecule has 2 rings (SSSR count). The molecule has 0 radical (unpaired) electrons. The molecule has 3 nitrogen and oxygen atoms in total. The Morgan fingerprint density at radius 3 is 2.88 bits per heavy atom. The molecule has 17 heavy (non-hydrogen) atoms. The molecule has 0 aliphatic carbocycles. The zero-order chi connectivity index (χ0) is 12.4. The van der Waals surface area contributed by atoms with E-state index in [1.165, 1.54) is 6.07 Å². The Balaban J connectivity index is 2.29. The van der Waals surface area contributed by atoms with E-state index in [4.69, 9.17) is 0 Å². The van der Waals surface area contributed by atoms with Crippen LogP contribution < -0.4 is 5.32 Å². The van der Waals surface area contributed by atoms with Crippen molar-refractivity contribution in [1.29, 1.82) is 0 Å². The third-order valence-corrected chi connectivity index (χ3v) is 3.18. The molecule has 0 amide bonds. The number of aryl methyl sites for hydroxylation is 1. The molecule has 4 heteroatoms. The first-order chi connectivity index (χ1) is 8.13. The van der Waals surface area contributed by atoms with Crippen LogP contribution >= 0.6 is 0 Å². The lowest BCUT2D eigenvalue weighted by Gasteiger charge is -2.10. The largest absolute Gasteiger partial charge is 0.330 e. The highest BCUT2D eigenvalue weighted by Gasteiger charge is 2.11. The monoisotopic (exact) mass is 235 g/mol. The zero-order valence-corrected chi connectivity index (χ0v) is 10.5. The van der Waals surface area contributed by atoms with Crippen LogP contribution in [0.5, 0.6) is 0 Å². The van der Waals surface area contributed by atoms with Gasteiger partial charge in [-0.2, -0.15) is 0 Å². The number of para-hydroxylation sites is 1. The summed E-state index contributed by atoms with van der Waals surface area (Å²) in [6.45, 7) is 4.93. The van der Waals surface area contributed by atoms with Gasteiger partial charge in [0, 0.05) is 13.1 Å². The van der Waals surface area contributed by atoms with Crippen molar-refractivity contribution in [3.8, 4) is 0 Å². The lowest BCUT2D eigenvalue weighted by atomic mass is 10.2. The highest BCUT2D eigenvalue weighted by Crippen LogP contribution is 2.17. The summed E-state index contributed by atoms with van der Waals surface area (Å²) in [5.41, 5.74) is 1.29. The number of rotatable bonds is 4. The van der Waals surface area contributed by atoms with Crippen molar-refractivity contribution in [2.75, 3.05) is 0 Å². The maximum atomic E-state index is 13.5. The van der Waals surface area contributed by atoms with Gasteiger partial charge in [-0.3, -0.25) is 0 Å². The average molecular weight is 235 g/mol. The van der Waals surface area contributed by atoms with Crippen molar-refractivity contribution >= 4 is 11.0 Å². The Morgan fingerprint density at radius 1 is 1.47 bits per heavy atom. The number of hydrogen-bond donors (Lipinski definition) is 1. The summed E-state index contributed by atoms with van der Waals surface area (Å²) in [6, 6.07) is 5.49. The van der Waals surface area contributed by atoms with Gasteiger partial charge in [-0.1, -0.05) is 13.0 Å². The Hall–Kier alpha value is -1.42. The molecule has 1 N–H and O–H groups in total. The van der Waals surface area contributed by atoms with Gasteiger partial charge in [0.15, 0.2) is 5.82 Å². The van der Waals surface area contributed by atoms with Crippen LogP contribution in [0.25, 0.3) is 11.0 Å². The molecular weight excluding hydrogens is 217 g/mol. The Kier molecular flexibility index (Phi) is 3.43. The number of fused-ring (bicyclic) bond motifs is 1. The van der Waals surface area contributed by atoms with E-state index < -0.39 is 0 Å². The van der Waals surface area contributed by atoms with Crippen molar-refractivity contribution < 1.29 is 4.39 Å². The van der Waals surface area contributed by atoms with E-state index in [0.717, 1.165) is 17.8 Å². The van der Waals surface area contributed by atoms with Crippen LogP contribution in [-0.2, 0) is 13.6 Å². The van der Waals surface area contributed by atoms with E-state index in [9.17, 15) is 4.39 Å². The van der Waals surface area contributed by atoms with Gasteiger partial charge >= 0.3 is 0 Å². The SMILES string of the molecule is CCC(C)NCc1nc2c(F)cccc2n1C. The normalized spacial score (nSPS) is 13.2. The van der Waals surface area contributed by atoms with E-state index in [2.05, 4.69) is 24.1 Å². The lowest BCUT2D eigenvalue weighted by molar-refractivity contribution is 0.517. The molecule has 1 atom stereocenters. The zero-order valence-electron chi connectivity index (χ0n) is 10.5. The quantitative estimate of drug-likeness (QED) is 0.882. The van der Waals surface area contributed by atoms with Gasteiger partial charge in [0.2, 0.25) is 0 Å². The Labute approximate surface area is 101 Å². The highest BCUT2D eigenvalue weighted by atomic mass is 19.1. The topological polar surface area (TPSA) is 29.9 Å². The summed E-state index contributed by atoms with van der Waals surface area (Å²) in [6.07, 6.45) is 1.07. The van der Waals surface area contributed by atoms with Crippen LogP contribution in [0.1, 0.15) is 26.1 Å². The molecule has 0 fully saturated rings. The lowest BCUT2D eigenvalue weighted by Crippen LogP contribution is -2.25. The van der Waals surface area contributed by atoms with Crippen LogP contribution in [0.15, 0.2) is 18.2 Å². The average Bonchev–Trinajstić information content (AvgIpc) is 2.65. The maximum Gasteiger partial charge on any atom is 0.151 e. The molecule has 0 saturated carbocycles. The third-order valence-electron chi connectivity index (χ3n) is 3.18. The molecule has 1 aromatic carbocycles. The summed E-state index contributed by atoms with van der Waals surface area (Å²) in [5.74, 6) is 0.610. The van der Waals surface area contributed by atoms with Crippen molar-refractivity contribution in [3.05, 3.63) is 29.8 Å². The van der Waals surface area contributed by atoms with Gasteiger partial charge in [0.05, 0.1) is 12.1 Å². The predicted octanol–water partition coefficient (Wildman–Crippen LogP) is 2.60. The maximum absolute atomic E-state index is 13.5. The van der Waals surface area contributed by atoms with Crippen LogP contribution in [-0.4, -0.2) is 15.6 Å². The van der Waals surface area contributed by atoms with E-state index in [1.54, 1.807) is 6.07 Å². The second kappa shape index (κ2) is 4.84. The van der Waals surface area contributed by atoms with E-state index in [-0.39, 0.29) is 5.82 Å². The predicted molar refractivity (Wildman–Crippen MR) is 67.3 cm³/mol. The molecule has 1 heterocycles. The minimum absolute atomic E-state index is 0.257. The third kappa shape index (κ3) is 2.31. The van der Waals surface area contributed by atoms with Gasteiger partial charge in [-0.05, 0) is 25.5 Å². The summed E-state index contributed by atoms with van der Waals surface area (Å²) >= 11 is 0. The molecular formula is C13H18FN3. The minimum atomic E-state index is -0.257. The van der Waals surface area contributed by atoms with Crippen LogP contribution in [0.2, 0.25) is 0 Å². The molecule has 1 unspecified atom stereocenters.